The van der Waals surface area contributed by atoms with Gasteiger partial charge in [-0.15, -0.1) is 0 Å². The van der Waals surface area contributed by atoms with Crippen LogP contribution in [0.5, 0.6) is 11.5 Å². The number of anilines is 1. The Labute approximate surface area is 148 Å². The molecule has 4 nitrogen and oxygen atoms in total. The highest BCUT2D eigenvalue weighted by molar-refractivity contribution is 7.80. The summed E-state index contributed by atoms with van der Waals surface area (Å²) in [6, 6.07) is 16.2. The van der Waals surface area contributed by atoms with Gasteiger partial charge in [-0.2, -0.15) is 0 Å². The van der Waals surface area contributed by atoms with Gasteiger partial charge in [0, 0.05) is 31.9 Å². The normalized spacial score (nSPS) is 14.4. The lowest BCUT2D eigenvalue weighted by Gasteiger charge is -2.37. The maximum atomic E-state index is 5.73. The molecule has 2 aromatic carbocycles. The number of hydrogen-bond acceptors (Lipinski definition) is 4. The Kier molecular flexibility index (Phi) is 5.20. The van der Waals surface area contributed by atoms with E-state index in [1.807, 2.05) is 24.3 Å². The van der Waals surface area contributed by atoms with Crippen molar-refractivity contribution in [1.82, 2.24) is 4.90 Å². The summed E-state index contributed by atoms with van der Waals surface area (Å²) in [6.45, 7) is 3.70. The molecule has 5 heteroatoms. The quantitative estimate of drug-likeness (QED) is 0.795. The minimum Gasteiger partial charge on any atom is -0.497 e. The Morgan fingerprint density at radius 3 is 2.25 bits per heavy atom. The number of nitrogens with zero attached hydrogens (tertiary/aromatic N) is 2. The molecule has 0 aliphatic carbocycles. The fourth-order valence-corrected chi connectivity index (χ4v) is 3.30. The van der Waals surface area contributed by atoms with E-state index < -0.39 is 0 Å². The van der Waals surface area contributed by atoms with Crippen LogP contribution in [0.15, 0.2) is 48.5 Å². The molecule has 1 heterocycles. The van der Waals surface area contributed by atoms with E-state index in [0.717, 1.165) is 48.2 Å². The number of benzene rings is 2. The lowest BCUT2D eigenvalue weighted by Crippen LogP contribution is -2.48. The number of hydrogen-bond donors (Lipinski definition) is 0. The molecule has 0 atom stereocenters. The van der Waals surface area contributed by atoms with Gasteiger partial charge in [-0.05, 0) is 30.3 Å². The maximum absolute atomic E-state index is 5.73. The van der Waals surface area contributed by atoms with Crippen LogP contribution in [0.2, 0.25) is 0 Å². The molecule has 3 rings (SSSR count). The maximum Gasteiger partial charge on any atom is 0.129 e. The number of piperazine rings is 1. The minimum absolute atomic E-state index is 0.784. The second kappa shape index (κ2) is 7.53. The number of methoxy groups -OCH3 is 2. The molecule has 0 saturated carbocycles. The molecule has 0 spiro atoms. The van der Waals surface area contributed by atoms with Gasteiger partial charge in [0.1, 0.15) is 16.5 Å². The molecular weight excluding hydrogens is 320 g/mol. The van der Waals surface area contributed by atoms with Gasteiger partial charge in [0.05, 0.1) is 19.8 Å². The second-order valence-electron chi connectivity index (χ2n) is 5.68. The van der Waals surface area contributed by atoms with E-state index in [9.17, 15) is 0 Å². The molecule has 0 N–H and O–H groups in total. The van der Waals surface area contributed by atoms with E-state index in [4.69, 9.17) is 21.7 Å². The van der Waals surface area contributed by atoms with Gasteiger partial charge in [-0.25, -0.2) is 0 Å². The Morgan fingerprint density at radius 2 is 1.62 bits per heavy atom. The molecule has 1 fully saturated rings. The third-order valence-corrected chi connectivity index (χ3v) is 4.80. The number of para-hydroxylation sites is 1. The molecule has 0 amide bonds. The van der Waals surface area contributed by atoms with E-state index in [1.54, 1.807) is 14.2 Å². The van der Waals surface area contributed by atoms with Crippen LogP contribution in [0.25, 0.3) is 0 Å². The topological polar surface area (TPSA) is 24.9 Å². The van der Waals surface area contributed by atoms with Crippen molar-refractivity contribution in [2.75, 3.05) is 45.3 Å². The molecule has 0 bridgehead atoms. The molecule has 0 radical (unpaired) electrons. The highest BCUT2D eigenvalue weighted by atomic mass is 32.1. The summed E-state index contributed by atoms with van der Waals surface area (Å²) < 4.78 is 10.8. The molecule has 24 heavy (non-hydrogen) atoms. The fraction of sp³-hybridized carbons (Fsp3) is 0.316. The SMILES string of the molecule is COc1ccc(OC)c(C(=S)N2CCN(c3ccccc3)CC2)c1. The van der Waals surface area contributed by atoms with E-state index in [1.165, 1.54) is 5.69 Å². The Bertz CT molecular complexity index is 698. The molecular formula is C19H22N2O2S. The number of ether oxygens (including phenoxy) is 2. The van der Waals surface area contributed by atoms with E-state index >= 15 is 0 Å². The highest BCUT2D eigenvalue weighted by Gasteiger charge is 2.22. The van der Waals surface area contributed by atoms with Crippen molar-refractivity contribution in [3.05, 3.63) is 54.1 Å². The first-order valence-electron chi connectivity index (χ1n) is 8.04. The van der Waals surface area contributed by atoms with E-state index in [-0.39, 0.29) is 0 Å². The zero-order valence-electron chi connectivity index (χ0n) is 14.1. The highest BCUT2D eigenvalue weighted by Crippen LogP contribution is 2.26. The molecule has 1 saturated heterocycles. The predicted octanol–water partition coefficient (Wildman–Crippen LogP) is 3.20. The first kappa shape index (κ1) is 16.6. The molecule has 1 aliphatic heterocycles. The fourth-order valence-electron chi connectivity index (χ4n) is 2.96. The molecule has 126 valence electrons. The summed E-state index contributed by atoms with van der Waals surface area (Å²) >= 11 is 5.73. The number of thiocarbonyl (C=S) groups is 1. The predicted molar refractivity (Wildman–Crippen MR) is 101 cm³/mol. The van der Waals surface area contributed by atoms with Crippen LogP contribution < -0.4 is 14.4 Å². The summed E-state index contributed by atoms with van der Waals surface area (Å²) in [5.41, 5.74) is 2.18. The van der Waals surface area contributed by atoms with Crippen molar-refractivity contribution in [3.63, 3.8) is 0 Å². The summed E-state index contributed by atoms with van der Waals surface area (Å²) in [5.74, 6) is 1.57. The summed E-state index contributed by atoms with van der Waals surface area (Å²) in [5, 5.41) is 0. The van der Waals surface area contributed by atoms with Gasteiger partial charge >= 0.3 is 0 Å². The minimum atomic E-state index is 0.784. The van der Waals surface area contributed by atoms with Crippen LogP contribution in [0, 0.1) is 0 Å². The van der Waals surface area contributed by atoms with Crippen LogP contribution in [0.1, 0.15) is 5.56 Å². The summed E-state index contributed by atoms with van der Waals surface area (Å²) in [6.07, 6.45) is 0. The van der Waals surface area contributed by atoms with Gasteiger partial charge in [0.15, 0.2) is 0 Å². The van der Waals surface area contributed by atoms with E-state index in [0.29, 0.717) is 0 Å². The lowest BCUT2D eigenvalue weighted by molar-refractivity contribution is 0.384. The molecule has 1 aliphatic rings. The van der Waals surface area contributed by atoms with Crippen LogP contribution >= 0.6 is 12.2 Å². The Morgan fingerprint density at radius 1 is 0.917 bits per heavy atom. The smallest absolute Gasteiger partial charge is 0.129 e. The van der Waals surface area contributed by atoms with Crippen molar-refractivity contribution in [1.29, 1.82) is 0 Å². The second-order valence-corrected chi connectivity index (χ2v) is 6.07. The average molecular weight is 342 g/mol. The van der Waals surface area contributed by atoms with Crippen LogP contribution in [-0.4, -0.2) is 50.3 Å². The molecule has 0 aromatic heterocycles. The van der Waals surface area contributed by atoms with Crippen molar-refractivity contribution in [3.8, 4) is 11.5 Å². The summed E-state index contributed by atoms with van der Waals surface area (Å²) in [4.78, 5) is 5.45. The van der Waals surface area contributed by atoms with Crippen LogP contribution in [0.3, 0.4) is 0 Å². The average Bonchev–Trinajstić information content (AvgIpc) is 2.67. The molecule has 2 aromatic rings. The number of rotatable bonds is 4. The van der Waals surface area contributed by atoms with Crippen molar-refractivity contribution >= 4 is 22.9 Å². The van der Waals surface area contributed by atoms with Crippen molar-refractivity contribution < 1.29 is 9.47 Å². The van der Waals surface area contributed by atoms with Gasteiger partial charge in [0.2, 0.25) is 0 Å². The van der Waals surface area contributed by atoms with Gasteiger partial charge in [0.25, 0.3) is 0 Å². The van der Waals surface area contributed by atoms with Crippen LogP contribution in [0.4, 0.5) is 5.69 Å². The Hall–Kier alpha value is -2.27. The third-order valence-electron chi connectivity index (χ3n) is 4.33. The van der Waals surface area contributed by atoms with Crippen molar-refractivity contribution in [2.45, 2.75) is 0 Å². The van der Waals surface area contributed by atoms with Gasteiger partial charge in [-0.1, -0.05) is 30.4 Å². The standard InChI is InChI=1S/C19H22N2O2S/c1-22-16-8-9-18(23-2)17(14-16)19(24)21-12-10-20(11-13-21)15-6-4-3-5-7-15/h3-9,14H,10-13H2,1-2H3. The van der Waals surface area contributed by atoms with Gasteiger partial charge < -0.3 is 19.3 Å². The van der Waals surface area contributed by atoms with E-state index in [2.05, 4.69) is 34.1 Å². The Balaban J connectivity index is 1.71. The monoisotopic (exact) mass is 342 g/mol. The largest absolute Gasteiger partial charge is 0.497 e. The van der Waals surface area contributed by atoms with Crippen molar-refractivity contribution in [2.24, 2.45) is 0 Å². The molecule has 0 unspecified atom stereocenters. The zero-order valence-corrected chi connectivity index (χ0v) is 14.9. The third kappa shape index (κ3) is 3.46. The zero-order chi connectivity index (χ0) is 16.9. The first-order valence-corrected chi connectivity index (χ1v) is 8.45. The van der Waals surface area contributed by atoms with Crippen LogP contribution in [-0.2, 0) is 0 Å². The van der Waals surface area contributed by atoms with Gasteiger partial charge in [-0.3, -0.25) is 0 Å². The summed E-state index contributed by atoms with van der Waals surface area (Å²) in [7, 11) is 3.33. The first-order chi connectivity index (χ1) is 11.7. The lowest BCUT2D eigenvalue weighted by atomic mass is 10.1.